The molecule has 0 aliphatic heterocycles. The number of nitrogens with two attached hydrogens (primary N) is 2. The lowest BCUT2D eigenvalue weighted by atomic mass is 10.0. The maximum atomic E-state index is 13.3. The van der Waals surface area contributed by atoms with Gasteiger partial charge in [-0.05, 0) is 49.8 Å². The largest absolute Gasteiger partial charge is 0.480 e. The van der Waals surface area contributed by atoms with Gasteiger partial charge in [-0.1, -0.05) is 30.3 Å². The first-order valence-corrected chi connectivity index (χ1v) is 14.2. The number of hydrogen-bond acceptors (Lipinski definition) is 8. The minimum absolute atomic E-state index is 0.0337. The number of aromatic nitrogens is 2. The number of carboxylic acids is 1. The number of imidazole rings is 1. The first kappa shape index (κ1) is 31.8. The molecule has 1 aromatic heterocycles. The highest BCUT2D eigenvalue weighted by atomic mass is 32.2. The lowest BCUT2D eigenvalue weighted by molar-refractivity contribution is -0.142. The zero-order valence-electron chi connectivity index (χ0n) is 22.1. The predicted octanol–water partition coefficient (Wildman–Crippen LogP) is -0.0567. The molecule has 0 saturated carbocycles. The van der Waals surface area contributed by atoms with Gasteiger partial charge in [0.15, 0.2) is 0 Å². The normalized spacial score (nSPS) is 14.0. The van der Waals surface area contributed by atoms with Crippen LogP contribution < -0.4 is 27.4 Å². The highest BCUT2D eigenvalue weighted by Gasteiger charge is 2.30. The number of rotatable bonds is 18. The Morgan fingerprint density at radius 1 is 0.949 bits per heavy atom. The van der Waals surface area contributed by atoms with Crippen molar-refractivity contribution in [2.45, 2.75) is 62.7 Å². The first-order valence-electron chi connectivity index (χ1n) is 12.8. The number of thioether (sulfide) groups is 1. The monoisotopic (exact) mass is 561 g/mol. The second-order valence-corrected chi connectivity index (χ2v) is 10.2. The molecule has 12 nitrogen and oxygen atoms in total. The van der Waals surface area contributed by atoms with E-state index in [0.29, 0.717) is 43.7 Å². The summed E-state index contributed by atoms with van der Waals surface area (Å²) in [6.07, 6.45) is 6.93. The van der Waals surface area contributed by atoms with Crippen LogP contribution in [0.3, 0.4) is 0 Å². The predicted molar refractivity (Wildman–Crippen MR) is 150 cm³/mol. The third kappa shape index (κ3) is 11.5. The van der Waals surface area contributed by atoms with Crippen molar-refractivity contribution in [2.24, 2.45) is 11.5 Å². The fourth-order valence-corrected chi connectivity index (χ4v) is 4.33. The van der Waals surface area contributed by atoms with Crippen LogP contribution in [-0.2, 0) is 32.0 Å². The number of carbonyl (C=O) groups is 4. The number of aromatic amines is 1. The maximum Gasteiger partial charge on any atom is 0.326 e. The fraction of sp³-hybridized carbons (Fsp3) is 0.500. The average Bonchev–Trinajstić information content (AvgIpc) is 3.44. The standard InChI is InChI=1S/C26H39N7O5S/c1-39-12-10-19(28)23(34)31-20(9-5-6-11-27)24(35)32-21(14-18-15-29-16-30-18)25(36)33-22(26(37)38)13-17-7-3-2-4-8-17/h2-4,7-8,15-16,19-22H,5-6,9-14,27-28H2,1H3,(H,29,30)(H,31,34)(H,32,35)(H,33,36)(H,37,38). The molecule has 39 heavy (non-hydrogen) atoms. The maximum absolute atomic E-state index is 13.3. The quantitative estimate of drug-likeness (QED) is 0.122. The van der Waals surface area contributed by atoms with Crippen LogP contribution in [-0.4, -0.2) is 81.5 Å². The lowest BCUT2D eigenvalue weighted by Crippen LogP contribution is -2.57. The van der Waals surface area contributed by atoms with E-state index in [0.717, 1.165) is 5.56 Å². The van der Waals surface area contributed by atoms with Gasteiger partial charge in [0.2, 0.25) is 17.7 Å². The summed E-state index contributed by atoms with van der Waals surface area (Å²) in [5.74, 6) is -2.22. The van der Waals surface area contributed by atoms with E-state index in [1.807, 2.05) is 12.3 Å². The molecule has 2 rings (SSSR count). The minimum Gasteiger partial charge on any atom is -0.480 e. The van der Waals surface area contributed by atoms with Crippen LogP contribution in [0.15, 0.2) is 42.9 Å². The molecule has 214 valence electrons. The van der Waals surface area contributed by atoms with Gasteiger partial charge in [0, 0.05) is 24.7 Å². The summed E-state index contributed by atoms with van der Waals surface area (Å²) in [6.45, 7) is 0.429. The number of carbonyl (C=O) groups excluding carboxylic acids is 3. The number of carboxylic acid groups (broad SMARTS) is 1. The molecule has 1 aromatic carbocycles. The highest BCUT2D eigenvalue weighted by Crippen LogP contribution is 2.08. The Morgan fingerprint density at radius 2 is 1.62 bits per heavy atom. The van der Waals surface area contributed by atoms with Crippen molar-refractivity contribution in [2.75, 3.05) is 18.6 Å². The molecule has 0 bridgehead atoms. The molecule has 4 unspecified atom stereocenters. The Hall–Kier alpha value is -3.42. The van der Waals surface area contributed by atoms with Gasteiger partial charge in [0.1, 0.15) is 18.1 Å². The topological polar surface area (TPSA) is 205 Å². The van der Waals surface area contributed by atoms with E-state index in [9.17, 15) is 24.3 Å². The van der Waals surface area contributed by atoms with Crippen molar-refractivity contribution in [3.05, 3.63) is 54.1 Å². The molecule has 13 heteroatoms. The Bertz CT molecular complexity index is 1040. The van der Waals surface area contributed by atoms with E-state index in [-0.39, 0.29) is 12.8 Å². The number of aliphatic carboxylic acids is 1. The van der Waals surface area contributed by atoms with E-state index in [1.165, 1.54) is 12.5 Å². The summed E-state index contributed by atoms with van der Waals surface area (Å²) in [7, 11) is 0. The summed E-state index contributed by atoms with van der Waals surface area (Å²) < 4.78 is 0. The second-order valence-electron chi connectivity index (χ2n) is 9.16. The molecule has 4 atom stereocenters. The number of amides is 3. The Balaban J connectivity index is 2.18. The van der Waals surface area contributed by atoms with Crippen LogP contribution in [0.25, 0.3) is 0 Å². The van der Waals surface area contributed by atoms with Crippen molar-refractivity contribution in [1.29, 1.82) is 0 Å². The number of H-pyrrole nitrogens is 1. The number of unbranched alkanes of at least 4 members (excludes halogenated alkanes) is 1. The number of hydrogen-bond donors (Lipinski definition) is 7. The number of benzene rings is 1. The van der Waals surface area contributed by atoms with Crippen molar-refractivity contribution in [3.8, 4) is 0 Å². The number of nitrogens with zero attached hydrogens (tertiary/aromatic N) is 1. The van der Waals surface area contributed by atoms with Gasteiger partial charge in [-0.3, -0.25) is 14.4 Å². The molecule has 0 radical (unpaired) electrons. The fourth-order valence-electron chi connectivity index (χ4n) is 3.84. The van der Waals surface area contributed by atoms with Crippen LogP contribution >= 0.6 is 11.8 Å². The summed E-state index contributed by atoms with van der Waals surface area (Å²) in [5, 5.41) is 17.7. The molecule has 0 aliphatic carbocycles. The Labute approximate surface area is 232 Å². The van der Waals surface area contributed by atoms with E-state index < -0.39 is 47.9 Å². The summed E-state index contributed by atoms with van der Waals surface area (Å²) in [5.41, 5.74) is 12.9. The Kier molecular flexibility index (Phi) is 14.0. The van der Waals surface area contributed by atoms with Crippen molar-refractivity contribution in [3.63, 3.8) is 0 Å². The molecule has 9 N–H and O–H groups in total. The van der Waals surface area contributed by atoms with E-state index in [2.05, 4.69) is 25.9 Å². The SMILES string of the molecule is CSCCC(N)C(=O)NC(CCCCN)C(=O)NC(Cc1cnc[nH]1)C(=O)NC(Cc1ccccc1)C(=O)O. The van der Waals surface area contributed by atoms with Crippen LogP contribution in [0.2, 0.25) is 0 Å². The van der Waals surface area contributed by atoms with Crippen molar-refractivity contribution < 1.29 is 24.3 Å². The van der Waals surface area contributed by atoms with Gasteiger partial charge in [0.05, 0.1) is 12.4 Å². The molecule has 3 amide bonds. The Morgan fingerprint density at radius 3 is 2.23 bits per heavy atom. The van der Waals surface area contributed by atoms with E-state index >= 15 is 0 Å². The molecule has 0 saturated heterocycles. The van der Waals surface area contributed by atoms with Gasteiger partial charge >= 0.3 is 5.97 Å². The van der Waals surface area contributed by atoms with Crippen molar-refractivity contribution in [1.82, 2.24) is 25.9 Å². The summed E-state index contributed by atoms with van der Waals surface area (Å²) >= 11 is 1.56. The van der Waals surface area contributed by atoms with Gasteiger partial charge < -0.3 is 37.5 Å². The zero-order chi connectivity index (χ0) is 28.6. The third-order valence-corrected chi connectivity index (χ3v) is 6.70. The zero-order valence-corrected chi connectivity index (χ0v) is 22.9. The summed E-state index contributed by atoms with van der Waals surface area (Å²) in [6, 6.07) is 4.85. The van der Waals surface area contributed by atoms with Crippen LogP contribution in [0.5, 0.6) is 0 Å². The molecular weight excluding hydrogens is 522 g/mol. The van der Waals surface area contributed by atoms with Gasteiger partial charge in [-0.15, -0.1) is 0 Å². The van der Waals surface area contributed by atoms with Crippen LogP contribution in [0, 0.1) is 0 Å². The third-order valence-electron chi connectivity index (χ3n) is 6.06. The minimum atomic E-state index is -1.21. The van der Waals surface area contributed by atoms with Crippen LogP contribution in [0.4, 0.5) is 0 Å². The average molecular weight is 562 g/mol. The van der Waals surface area contributed by atoms with Gasteiger partial charge in [0.25, 0.3) is 0 Å². The highest BCUT2D eigenvalue weighted by molar-refractivity contribution is 7.98. The number of nitrogens with one attached hydrogen (secondary N) is 4. The first-order chi connectivity index (χ1) is 18.7. The molecular formula is C26H39N7O5S. The molecule has 0 fully saturated rings. The lowest BCUT2D eigenvalue weighted by Gasteiger charge is -2.25. The van der Waals surface area contributed by atoms with Crippen LogP contribution in [0.1, 0.15) is 36.9 Å². The van der Waals surface area contributed by atoms with Gasteiger partial charge in [-0.25, -0.2) is 9.78 Å². The molecule has 0 aliphatic rings. The molecule has 2 aromatic rings. The summed E-state index contributed by atoms with van der Waals surface area (Å²) in [4.78, 5) is 58.1. The smallest absolute Gasteiger partial charge is 0.326 e. The molecule has 0 spiro atoms. The molecule has 1 heterocycles. The second kappa shape index (κ2) is 17.2. The van der Waals surface area contributed by atoms with E-state index in [4.69, 9.17) is 11.5 Å². The van der Waals surface area contributed by atoms with Gasteiger partial charge in [-0.2, -0.15) is 11.8 Å². The van der Waals surface area contributed by atoms with E-state index in [1.54, 1.807) is 36.0 Å². The van der Waals surface area contributed by atoms with Crippen molar-refractivity contribution >= 4 is 35.5 Å².